The number of phenolic OH excluding ortho intramolecular Hbond substituents is 1. The number of benzene rings is 2. The van der Waals surface area contributed by atoms with Crippen LogP contribution in [0.2, 0.25) is 0 Å². The number of methoxy groups -OCH3 is 3. The van der Waals surface area contributed by atoms with Gasteiger partial charge in [-0.1, -0.05) is 0 Å². The molecule has 1 unspecified atom stereocenters. The Bertz CT molecular complexity index is 1240. The molecule has 170 valence electrons. The Morgan fingerprint density at radius 1 is 1.03 bits per heavy atom. The molecular formula is C24H24N4O5. The number of anilines is 1. The maximum atomic E-state index is 13.1. The van der Waals surface area contributed by atoms with E-state index in [9.17, 15) is 9.90 Å². The lowest BCUT2D eigenvalue weighted by Gasteiger charge is -2.32. The molecule has 0 fully saturated rings. The van der Waals surface area contributed by atoms with Crippen LogP contribution in [0.25, 0.3) is 11.4 Å². The van der Waals surface area contributed by atoms with Gasteiger partial charge >= 0.3 is 0 Å². The van der Waals surface area contributed by atoms with Gasteiger partial charge in [-0.25, -0.2) is 4.68 Å². The van der Waals surface area contributed by atoms with Crippen molar-refractivity contribution in [3.05, 3.63) is 53.2 Å². The second-order valence-corrected chi connectivity index (χ2v) is 7.91. The number of aromatic hydroxyl groups is 1. The van der Waals surface area contributed by atoms with E-state index in [2.05, 4.69) is 10.3 Å². The normalized spacial score (nSPS) is 17.2. The second kappa shape index (κ2) is 8.16. The molecule has 2 N–H and O–H groups in total. The first kappa shape index (κ1) is 20.9. The molecule has 0 saturated heterocycles. The third kappa shape index (κ3) is 3.45. The highest BCUT2D eigenvalue weighted by atomic mass is 16.5. The number of phenols is 1. The minimum Gasteiger partial charge on any atom is -0.508 e. The van der Waals surface area contributed by atoms with Gasteiger partial charge in [-0.15, -0.1) is 5.10 Å². The Labute approximate surface area is 190 Å². The Kier molecular flexibility index (Phi) is 5.16. The lowest BCUT2D eigenvalue weighted by molar-refractivity contribution is -0.116. The minimum atomic E-state index is -0.504. The molecule has 33 heavy (non-hydrogen) atoms. The summed E-state index contributed by atoms with van der Waals surface area (Å²) >= 11 is 0. The first-order valence-electron chi connectivity index (χ1n) is 10.6. The van der Waals surface area contributed by atoms with Crippen molar-refractivity contribution in [2.24, 2.45) is 0 Å². The number of allylic oxidation sites excluding steroid dienone is 2. The fourth-order valence-corrected chi connectivity index (χ4v) is 4.46. The number of ketones is 1. The van der Waals surface area contributed by atoms with Crippen LogP contribution in [0.4, 0.5) is 5.95 Å². The Balaban J connectivity index is 1.70. The average Bonchev–Trinajstić information content (AvgIpc) is 3.26. The van der Waals surface area contributed by atoms with Crippen molar-refractivity contribution in [3.8, 4) is 34.4 Å². The Morgan fingerprint density at radius 2 is 1.73 bits per heavy atom. The van der Waals surface area contributed by atoms with Crippen LogP contribution in [-0.2, 0) is 4.79 Å². The van der Waals surface area contributed by atoms with Gasteiger partial charge in [0, 0.05) is 23.3 Å². The molecule has 1 aromatic heterocycles. The van der Waals surface area contributed by atoms with E-state index < -0.39 is 6.04 Å². The van der Waals surface area contributed by atoms with Crippen molar-refractivity contribution in [1.82, 2.24) is 14.8 Å². The van der Waals surface area contributed by atoms with Crippen LogP contribution in [0, 0.1) is 0 Å². The quantitative estimate of drug-likeness (QED) is 0.608. The van der Waals surface area contributed by atoms with Crippen molar-refractivity contribution >= 4 is 11.7 Å². The molecule has 0 bridgehead atoms. The number of Topliss-reactive ketones (excluding diaryl/α,β-unsaturated/α-hetero) is 1. The zero-order valence-electron chi connectivity index (χ0n) is 18.6. The van der Waals surface area contributed by atoms with Gasteiger partial charge in [-0.05, 0) is 54.8 Å². The number of hydrogen-bond donors (Lipinski definition) is 2. The minimum absolute atomic E-state index is 0.0786. The summed E-state index contributed by atoms with van der Waals surface area (Å²) in [7, 11) is 4.67. The van der Waals surface area contributed by atoms with Crippen molar-refractivity contribution in [2.75, 3.05) is 26.6 Å². The zero-order chi connectivity index (χ0) is 23.1. The number of rotatable bonds is 5. The number of ether oxygens (including phenoxy) is 3. The van der Waals surface area contributed by atoms with Crippen LogP contribution in [0.1, 0.15) is 30.9 Å². The fraction of sp³-hybridized carbons (Fsp3) is 0.292. The molecule has 1 aliphatic carbocycles. The van der Waals surface area contributed by atoms with E-state index in [4.69, 9.17) is 19.3 Å². The molecule has 9 nitrogen and oxygen atoms in total. The van der Waals surface area contributed by atoms with Crippen LogP contribution < -0.4 is 19.5 Å². The number of fused-ring (bicyclic) bond motifs is 1. The molecule has 0 amide bonds. The summed E-state index contributed by atoms with van der Waals surface area (Å²) in [6.45, 7) is 0. The molecule has 5 rings (SSSR count). The SMILES string of the molecule is COc1cc(C2C3=C(CCCC3=O)Nc3nc(-c4ccc(O)cc4)nn32)cc(OC)c1OC. The van der Waals surface area contributed by atoms with E-state index in [0.29, 0.717) is 41.0 Å². The number of nitrogens with zero attached hydrogens (tertiary/aromatic N) is 3. The zero-order valence-corrected chi connectivity index (χ0v) is 18.6. The summed E-state index contributed by atoms with van der Waals surface area (Å²) in [5, 5.41) is 17.7. The van der Waals surface area contributed by atoms with Gasteiger partial charge in [0.1, 0.15) is 11.8 Å². The molecule has 3 aromatic rings. The van der Waals surface area contributed by atoms with E-state index in [0.717, 1.165) is 29.7 Å². The maximum Gasteiger partial charge on any atom is 0.226 e. The predicted octanol–water partition coefficient (Wildman–Crippen LogP) is 3.70. The number of carbonyl (C=O) groups excluding carboxylic acids is 1. The van der Waals surface area contributed by atoms with Crippen molar-refractivity contribution in [1.29, 1.82) is 0 Å². The summed E-state index contributed by atoms with van der Waals surface area (Å²) in [4.78, 5) is 17.8. The van der Waals surface area contributed by atoms with Crippen LogP contribution >= 0.6 is 0 Å². The van der Waals surface area contributed by atoms with Gasteiger partial charge in [0.25, 0.3) is 0 Å². The number of nitrogens with one attached hydrogen (secondary N) is 1. The molecule has 0 radical (unpaired) electrons. The van der Waals surface area contributed by atoms with E-state index in [1.165, 1.54) is 0 Å². The van der Waals surface area contributed by atoms with Gasteiger partial charge in [-0.3, -0.25) is 4.79 Å². The van der Waals surface area contributed by atoms with Crippen molar-refractivity contribution in [3.63, 3.8) is 0 Å². The summed E-state index contributed by atoms with van der Waals surface area (Å²) in [6.07, 6.45) is 2.02. The van der Waals surface area contributed by atoms with Crippen LogP contribution in [-0.4, -0.2) is 47.0 Å². The molecule has 9 heteroatoms. The monoisotopic (exact) mass is 448 g/mol. The molecule has 0 saturated carbocycles. The third-order valence-electron chi connectivity index (χ3n) is 6.00. The second-order valence-electron chi connectivity index (χ2n) is 7.91. The largest absolute Gasteiger partial charge is 0.508 e. The molecule has 1 aliphatic heterocycles. The third-order valence-corrected chi connectivity index (χ3v) is 6.00. The smallest absolute Gasteiger partial charge is 0.226 e. The highest BCUT2D eigenvalue weighted by molar-refractivity contribution is 5.99. The topological polar surface area (TPSA) is 108 Å². The Morgan fingerprint density at radius 3 is 2.36 bits per heavy atom. The Hall–Kier alpha value is -4.01. The summed E-state index contributed by atoms with van der Waals surface area (Å²) < 4.78 is 18.3. The lowest BCUT2D eigenvalue weighted by atomic mass is 9.85. The predicted molar refractivity (Wildman–Crippen MR) is 121 cm³/mol. The van der Waals surface area contributed by atoms with Gasteiger partial charge < -0.3 is 24.6 Å². The van der Waals surface area contributed by atoms with Crippen LogP contribution in [0.3, 0.4) is 0 Å². The molecule has 1 atom stereocenters. The summed E-state index contributed by atoms with van der Waals surface area (Å²) in [6, 6.07) is 9.87. The standard InChI is InChI=1S/C24H24N4O5/c1-31-18-11-14(12-19(32-2)22(18)33-3)21-20-16(5-4-6-17(20)30)25-24-26-23(27-28(21)24)13-7-9-15(29)10-8-13/h7-12,21,29H,4-6H2,1-3H3,(H,25,26,27). The van der Waals surface area contributed by atoms with Crippen molar-refractivity contribution < 1.29 is 24.1 Å². The first-order valence-corrected chi connectivity index (χ1v) is 10.6. The van der Waals surface area contributed by atoms with Gasteiger partial charge in [0.05, 0.1) is 21.3 Å². The first-order chi connectivity index (χ1) is 16.0. The van der Waals surface area contributed by atoms with Crippen molar-refractivity contribution in [2.45, 2.75) is 25.3 Å². The molecule has 2 heterocycles. The molecule has 2 aromatic carbocycles. The van der Waals surface area contributed by atoms with Gasteiger partial charge in [-0.2, -0.15) is 4.98 Å². The average molecular weight is 448 g/mol. The summed E-state index contributed by atoms with van der Waals surface area (Å²) in [5.41, 5.74) is 3.06. The van der Waals surface area contributed by atoms with E-state index in [1.807, 2.05) is 12.1 Å². The highest BCUT2D eigenvalue weighted by Crippen LogP contribution is 2.45. The van der Waals surface area contributed by atoms with E-state index >= 15 is 0 Å². The van der Waals surface area contributed by atoms with E-state index in [-0.39, 0.29) is 11.5 Å². The number of carbonyl (C=O) groups is 1. The fourth-order valence-electron chi connectivity index (χ4n) is 4.46. The van der Waals surface area contributed by atoms with E-state index in [1.54, 1.807) is 50.3 Å². The van der Waals surface area contributed by atoms with Gasteiger partial charge in [0.2, 0.25) is 11.7 Å². The maximum absolute atomic E-state index is 13.1. The summed E-state index contributed by atoms with van der Waals surface area (Å²) in [5.74, 6) is 2.75. The van der Waals surface area contributed by atoms with Gasteiger partial charge in [0.15, 0.2) is 23.1 Å². The number of hydrogen-bond acceptors (Lipinski definition) is 8. The molecular weight excluding hydrogens is 424 g/mol. The molecule has 0 spiro atoms. The highest BCUT2D eigenvalue weighted by Gasteiger charge is 2.37. The van der Waals surface area contributed by atoms with Crippen LogP contribution in [0.15, 0.2) is 47.7 Å². The molecule has 2 aliphatic rings. The number of aromatic nitrogens is 3. The van der Waals surface area contributed by atoms with Crippen LogP contribution in [0.5, 0.6) is 23.0 Å². The lowest BCUT2D eigenvalue weighted by Crippen LogP contribution is -2.31.